The highest BCUT2D eigenvalue weighted by Crippen LogP contribution is 2.37. The van der Waals surface area contributed by atoms with Crippen molar-refractivity contribution in [2.75, 3.05) is 13.1 Å². The number of hydrogen-bond acceptors (Lipinski definition) is 3. The molecule has 0 aromatic heterocycles. The summed E-state index contributed by atoms with van der Waals surface area (Å²) in [6, 6.07) is 0. The molecule has 66 valence electrons. The van der Waals surface area contributed by atoms with Crippen LogP contribution in [0.1, 0.15) is 19.3 Å². The predicted octanol–water partition coefficient (Wildman–Crippen LogP) is 0.612. The molecule has 0 aromatic rings. The first-order valence-electron chi connectivity index (χ1n) is 4.34. The van der Waals surface area contributed by atoms with Crippen molar-refractivity contribution in [3.05, 3.63) is 12.2 Å². The molecule has 0 amide bonds. The maximum Gasteiger partial charge on any atom is 0.310 e. The van der Waals surface area contributed by atoms with Gasteiger partial charge in [0.1, 0.15) is 5.60 Å². The van der Waals surface area contributed by atoms with E-state index in [9.17, 15) is 4.79 Å². The van der Waals surface area contributed by atoms with Crippen LogP contribution in [0, 0.1) is 0 Å². The molecule has 2 fully saturated rings. The molecule has 2 aliphatic rings. The largest absolute Gasteiger partial charge is 0.454 e. The van der Waals surface area contributed by atoms with Crippen LogP contribution in [0.3, 0.4) is 0 Å². The molecule has 0 aromatic carbocycles. The molecular weight excluding hydrogens is 154 g/mol. The first-order valence-corrected chi connectivity index (χ1v) is 4.34. The first-order chi connectivity index (χ1) is 5.73. The van der Waals surface area contributed by atoms with Crippen molar-refractivity contribution in [2.24, 2.45) is 0 Å². The molecule has 1 N–H and O–H groups in total. The van der Waals surface area contributed by atoms with E-state index in [1.807, 2.05) is 0 Å². The molecule has 2 saturated heterocycles. The van der Waals surface area contributed by atoms with Crippen molar-refractivity contribution in [3.8, 4) is 0 Å². The van der Waals surface area contributed by atoms with Crippen molar-refractivity contribution < 1.29 is 9.53 Å². The monoisotopic (exact) mass is 167 g/mol. The van der Waals surface area contributed by atoms with Crippen molar-refractivity contribution in [1.82, 2.24) is 5.32 Å². The predicted molar refractivity (Wildman–Crippen MR) is 44.7 cm³/mol. The summed E-state index contributed by atoms with van der Waals surface area (Å²) in [5, 5.41) is 3.24. The van der Waals surface area contributed by atoms with E-state index in [0.717, 1.165) is 31.5 Å². The zero-order chi connectivity index (χ0) is 8.60. The molecule has 3 heteroatoms. The van der Waals surface area contributed by atoms with Crippen molar-refractivity contribution in [3.63, 3.8) is 0 Å². The van der Waals surface area contributed by atoms with Gasteiger partial charge in [0, 0.05) is 12.8 Å². The van der Waals surface area contributed by atoms with Gasteiger partial charge in [0.2, 0.25) is 0 Å². The summed E-state index contributed by atoms with van der Waals surface area (Å²) in [4.78, 5) is 11.0. The molecular formula is C9H13NO2. The summed E-state index contributed by atoms with van der Waals surface area (Å²) in [5.41, 5.74) is 0.663. The van der Waals surface area contributed by atoms with Crippen LogP contribution in [0.4, 0.5) is 0 Å². The lowest BCUT2D eigenvalue weighted by atomic mass is 9.86. The second-order valence-corrected chi connectivity index (χ2v) is 3.50. The van der Waals surface area contributed by atoms with Gasteiger partial charge in [-0.25, -0.2) is 0 Å². The fourth-order valence-electron chi connectivity index (χ4n) is 1.95. The molecule has 0 atom stereocenters. The number of piperidine rings is 1. The third kappa shape index (κ3) is 1.05. The smallest absolute Gasteiger partial charge is 0.310 e. The Labute approximate surface area is 71.8 Å². The summed E-state index contributed by atoms with van der Waals surface area (Å²) in [5.74, 6) is -0.109. The van der Waals surface area contributed by atoms with E-state index in [1.165, 1.54) is 0 Å². The molecule has 2 rings (SSSR count). The standard InChI is InChI=1S/C9H13NO2/c1-7-6-8(11)12-9(7)2-4-10-5-3-9/h10H,1-6H2. The second-order valence-electron chi connectivity index (χ2n) is 3.50. The number of hydrogen-bond donors (Lipinski definition) is 1. The second kappa shape index (κ2) is 2.59. The Morgan fingerprint density at radius 1 is 1.42 bits per heavy atom. The van der Waals surface area contributed by atoms with Gasteiger partial charge in [-0.3, -0.25) is 4.79 Å². The third-order valence-electron chi connectivity index (χ3n) is 2.72. The van der Waals surface area contributed by atoms with Crippen LogP contribution in [0.5, 0.6) is 0 Å². The third-order valence-corrected chi connectivity index (χ3v) is 2.72. The van der Waals surface area contributed by atoms with Gasteiger partial charge < -0.3 is 10.1 Å². The minimum absolute atomic E-state index is 0.109. The SMILES string of the molecule is C=C1CC(=O)OC12CCNCC2. The zero-order valence-electron chi connectivity index (χ0n) is 7.06. The van der Waals surface area contributed by atoms with E-state index in [-0.39, 0.29) is 11.6 Å². The first kappa shape index (κ1) is 7.80. The lowest BCUT2D eigenvalue weighted by Gasteiger charge is -2.33. The Bertz CT molecular complexity index is 229. The number of nitrogens with one attached hydrogen (secondary N) is 1. The molecule has 0 radical (unpaired) electrons. The van der Waals surface area contributed by atoms with Gasteiger partial charge in [-0.05, 0) is 18.7 Å². The van der Waals surface area contributed by atoms with Crippen LogP contribution in [-0.4, -0.2) is 24.7 Å². The minimum Gasteiger partial charge on any atom is -0.454 e. The Hall–Kier alpha value is -0.830. The van der Waals surface area contributed by atoms with Gasteiger partial charge in [-0.15, -0.1) is 0 Å². The summed E-state index contributed by atoms with van der Waals surface area (Å²) >= 11 is 0. The molecule has 0 saturated carbocycles. The van der Waals surface area contributed by atoms with E-state index in [4.69, 9.17) is 4.74 Å². The van der Waals surface area contributed by atoms with Crippen LogP contribution < -0.4 is 5.32 Å². The molecule has 0 aliphatic carbocycles. The quantitative estimate of drug-likeness (QED) is 0.424. The fourth-order valence-corrected chi connectivity index (χ4v) is 1.95. The summed E-state index contributed by atoms with van der Waals surface area (Å²) < 4.78 is 5.32. The van der Waals surface area contributed by atoms with E-state index >= 15 is 0 Å². The summed E-state index contributed by atoms with van der Waals surface area (Å²) in [6.07, 6.45) is 2.19. The van der Waals surface area contributed by atoms with Crippen molar-refractivity contribution in [2.45, 2.75) is 24.9 Å². The van der Waals surface area contributed by atoms with Gasteiger partial charge >= 0.3 is 5.97 Å². The fraction of sp³-hybridized carbons (Fsp3) is 0.667. The van der Waals surface area contributed by atoms with Crippen molar-refractivity contribution >= 4 is 5.97 Å². The van der Waals surface area contributed by atoms with Crippen molar-refractivity contribution in [1.29, 1.82) is 0 Å². The molecule has 3 nitrogen and oxygen atoms in total. The number of esters is 1. The highest BCUT2D eigenvalue weighted by atomic mass is 16.6. The summed E-state index contributed by atoms with van der Waals surface area (Å²) in [7, 11) is 0. The topological polar surface area (TPSA) is 38.3 Å². The minimum atomic E-state index is -0.303. The molecule has 2 aliphatic heterocycles. The highest BCUT2D eigenvalue weighted by molar-refractivity contribution is 5.77. The van der Waals surface area contributed by atoms with E-state index in [2.05, 4.69) is 11.9 Å². The molecule has 0 bridgehead atoms. The molecule has 12 heavy (non-hydrogen) atoms. The Balaban J connectivity index is 2.18. The van der Waals surface area contributed by atoms with Crippen LogP contribution >= 0.6 is 0 Å². The van der Waals surface area contributed by atoms with Gasteiger partial charge in [0.25, 0.3) is 0 Å². The van der Waals surface area contributed by atoms with Gasteiger partial charge in [0.15, 0.2) is 0 Å². The Morgan fingerprint density at radius 2 is 2.08 bits per heavy atom. The van der Waals surface area contributed by atoms with Crippen LogP contribution in [0.2, 0.25) is 0 Å². The molecule has 0 unspecified atom stereocenters. The average molecular weight is 167 g/mol. The van der Waals surface area contributed by atoms with Crippen LogP contribution in [0.25, 0.3) is 0 Å². The Kier molecular flexibility index (Phi) is 1.68. The normalized spacial score (nSPS) is 27.7. The van der Waals surface area contributed by atoms with E-state index in [1.54, 1.807) is 0 Å². The Morgan fingerprint density at radius 3 is 2.58 bits per heavy atom. The van der Waals surface area contributed by atoms with Gasteiger partial charge in [-0.2, -0.15) is 0 Å². The van der Waals surface area contributed by atoms with Gasteiger partial charge in [-0.1, -0.05) is 6.58 Å². The maximum atomic E-state index is 11.0. The van der Waals surface area contributed by atoms with Crippen LogP contribution in [-0.2, 0) is 9.53 Å². The summed E-state index contributed by atoms with van der Waals surface area (Å²) in [6.45, 7) is 5.75. The van der Waals surface area contributed by atoms with Gasteiger partial charge in [0.05, 0.1) is 6.42 Å². The average Bonchev–Trinajstić information content (AvgIpc) is 2.29. The number of ether oxygens (including phenoxy) is 1. The van der Waals surface area contributed by atoms with Crippen LogP contribution in [0.15, 0.2) is 12.2 Å². The van der Waals surface area contributed by atoms with E-state index < -0.39 is 0 Å². The number of carbonyl (C=O) groups excluding carboxylic acids is 1. The lowest BCUT2D eigenvalue weighted by molar-refractivity contribution is -0.149. The maximum absolute atomic E-state index is 11.0. The van der Waals surface area contributed by atoms with E-state index in [0.29, 0.717) is 6.42 Å². The number of rotatable bonds is 0. The zero-order valence-corrected chi connectivity index (χ0v) is 7.06. The molecule has 2 heterocycles. The lowest BCUT2D eigenvalue weighted by Crippen LogP contribution is -2.42. The highest BCUT2D eigenvalue weighted by Gasteiger charge is 2.44. The molecule has 1 spiro atoms. The number of carbonyl (C=O) groups is 1.